The van der Waals surface area contributed by atoms with E-state index >= 15 is 0 Å². The van der Waals surface area contributed by atoms with E-state index in [-0.39, 0.29) is 0 Å². The average molecular weight is 1400 g/mol. The van der Waals surface area contributed by atoms with Gasteiger partial charge in [0.2, 0.25) is 0 Å². The van der Waals surface area contributed by atoms with E-state index in [1.165, 1.54) is 131 Å². The Labute approximate surface area is 635 Å². The van der Waals surface area contributed by atoms with Gasteiger partial charge in [-0.3, -0.25) is 0 Å². The quantitative estimate of drug-likeness (QED) is 0.128. The first-order valence-electron chi connectivity index (χ1n) is 37.5. The van der Waals surface area contributed by atoms with E-state index in [0.29, 0.717) is 11.6 Å². The summed E-state index contributed by atoms with van der Waals surface area (Å²) in [6.45, 7) is 0. The van der Waals surface area contributed by atoms with Gasteiger partial charge in [0.05, 0.1) is 44.8 Å². The molecule has 0 bridgehead atoms. The minimum absolute atomic E-state index is 0.704. The van der Waals surface area contributed by atoms with Crippen molar-refractivity contribution in [2.24, 2.45) is 0 Å². The van der Waals surface area contributed by atoms with Gasteiger partial charge in [-0.2, -0.15) is 0 Å². The summed E-state index contributed by atoms with van der Waals surface area (Å²) in [4.78, 5) is 20.3. The summed E-state index contributed by atoms with van der Waals surface area (Å²) in [5, 5.41) is 20.2. The fourth-order valence-electron chi connectivity index (χ4n) is 16.6. The average Bonchev–Trinajstić information content (AvgIpc) is 1.58. The maximum absolute atomic E-state index is 5.07. The zero-order valence-electron chi connectivity index (χ0n) is 59.8. The summed E-state index contributed by atoms with van der Waals surface area (Å²) in [6.07, 6.45) is 0. The molecule has 0 fully saturated rings. The standard InChI is InChI=1S/2C52H33N3/c1-3-12-35(13-4-1)47-33-48(36-14-5-2-6-15-36)54-52(53-47)37-21-26-42(27-22-37)55-49-18-10-9-17-46(49)51-45-29-24-39(32-41(45)25-30-50(51)55)38-23-28-44-40(31-38)20-19-34-11-7-8-16-43(34)44;1-3-12-36(13-4-1)47-33-48(37-14-5-2-6-15-37)54-52(53-47)38-23-27-42(28-24-38)55-49-18-10-9-17-45(49)51-44-29-25-39(31-41(44)26-30-50(51)55)40-22-21-35-20-19-34-11-7-8-16-43(34)46(35)32-40/h2*1-33H. The molecule has 4 aromatic heterocycles. The molecule has 6 nitrogen and oxygen atoms in total. The first-order valence-corrected chi connectivity index (χ1v) is 37.5. The molecule has 0 N–H and O–H groups in total. The molecule has 0 radical (unpaired) electrons. The predicted molar refractivity (Wildman–Crippen MR) is 461 cm³/mol. The highest BCUT2D eigenvalue weighted by Crippen LogP contribution is 2.43. The van der Waals surface area contributed by atoms with Crippen molar-refractivity contribution >= 4 is 108 Å². The van der Waals surface area contributed by atoms with Crippen LogP contribution in [0, 0.1) is 0 Å². The molecule has 0 saturated carbocycles. The van der Waals surface area contributed by atoms with E-state index in [9.17, 15) is 0 Å². The first kappa shape index (κ1) is 63.7. The van der Waals surface area contributed by atoms with Gasteiger partial charge in [-0.1, -0.05) is 291 Å². The summed E-state index contributed by atoms with van der Waals surface area (Å²) in [6, 6.07) is 143. The van der Waals surface area contributed by atoms with E-state index in [4.69, 9.17) is 19.9 Å². The van der Waals surface area contributed by atoms with Crippen LogP contribution in [-0.4, -0.2) is 29.1 Å². The van der Waals surface area contributed by atoms with Gasteiger partial charge in [0.25, 0.3) is 0 Å². The summed E-state index contributed by atoms with van der Waals surface area (Å²) in [7, 11) is 0. The van der Waals surface area contributed by atoms with Crippen LogP contribution >= 0.6 is 0 Å². The lowest BCUT2D eigenvalue weighted by atomic mass is 9.95. The summed E-state index contributed by atoms with van der Waals surface area (Å²) < 4.78 is 4.76. The topological polar surface area (TPSA) is 61.4 Å². The van der Waals surface area contributed by atoms with Crippen LogP contribution in [0.3, 0.4) is 0 Å². The summed E-state index contributed by atoms with van der Waals surface area (Å²) in [5.41, 5.74) is 21.6. The molecule has 6 heteroatoms. The van der Waals surface area contributed by atoms with Crippen molar-refractivity contribution in [2.75, 3.05) is 0 Å². The van der Waals surface area contributed by atoms with Gasteiger partial charge in [-0.15, -0.1) is 0 Å². The van der Waals surface area contributed by atoms with E-state index in [2.05, 4.69) is 337 Å². The van der Waals surface area contributed by atoms with Gasteiger partial charge in [0.1, 0.15) is 0 Å². The summed E-state index contributed by atoms with van der Waals surface area (Å²) in [5.74, 6) is 1.41. The first-order chi connectivity index (χ1) is 54.5. The maximum atomic E-state index is 5.07. The van der Waals surface area contributed by atoms with E-state index in [1.54, 1.807) is 0 Å². The van der Waals surface area contributed by atoms with Crippen LogP contribution in [0.5, 0.6) is 0 Å². The number of para-hydroxylation sites is 2. The fourth-order valence-corrected chi connectivity index (χ4v) is 16.6. The third-order valence-corrected chi connectivity index (χ3v) is 22.0. The molecule has 0 aliphatic carbocycles. The summed E-state index contributed by atoms with van der Waals surface area (Å²) >= 11 is 0. The highest BCUT2D eigenvalue weighted by atomic mass is 15.0. The Hall–Kier alpha value is -14.7. The molecule has 0 amide bonds. The molecule has 4 heterocycles. The van der Waals surface area contributed by atoms with Gasteiger partial charge >= 0.3 is 0 Å². The largest absolute Gasteiger partial charge is 0.309 e. The normalized spacial score (nSPS) is 11.6. The van der Waals surface area contributed by atoms with Crippen molar-refractivity contribution in [1.82, 2.24) is 29.1 Å². The lowest BCUT2D eigenvalue weighted by Crippen LogP contribution is -1.97. The van der Waals surface area contributed by atoms with Crippen LogP contribution in [-0.2, 0) is 0 Å². The lowest BCUT2D eigenvalue weighted by Gasteiger charge is -2.12. The molecule has 0 unspecified atom stereocenters. The zero-order chi connectivity index (χ0) is 72.6. The van der Waals surface area contributed by atoms with Crippen LogP contribution in [0.25, 0.3) is 210 Å². The maximum Gasteiger partial charge on any atom is 0.160 e. The highest BCUT2D eigenvalue weighted by molar-refractivity contribution is 6.23. The molecular formula is C104H66N6. The van der Waals surface area contributed by atoms with Crippen LogP contribution in [0.4, 0.5) is 0 Å². The van der Waals surface area contributed by atoms with Gasteiger partial charge in [-0.05, 0) is 196 Å². The number of hydrogen-bond donors (Lipinski definition) is 0. The molecule has 110 heavy (non-hydrogen) atoms. The molecule has 0 atom stereocenters. The van der Waals surface area contributed by atoms with Crippen molar-refractivity contribution in [3.05, 3.63) is 400 Å². The molecule has 0 saturated heterocycles. The molecule has 0 spiro atoms. The van der Waals surface area contributed by atoms with Gasteiger partial charge < -0.3 is 9.13 Å². The highest BCUT2D eigenvalue weighted by Gasteiger charge is 2.21. The second-order valence-electron chi connectivity index (χ2n) is 28.4. The molecule has 0 aliphatic heterocycles. The molecule has 18 aromatic carbocycles. The predicted octanol–water partition coefficient (Wildman–Crippen LogP) is 27.4. The van der Waals surface area contributed by atoms with Crippen LogP contribution in [0.2, 0.25) is 0 Å². The zero-order valence-corrected chi connectivity index (χ0v) is 59.8. The third-order valence-electron chi connectivity index (χ3n) is 22.0. The monoisotopic (exact) mass is 1400 g/mol. The molecule has 0 aliphatic rings. The molecule has 22 rings (SSSR count). The van der Waals surface area contributed by atoms with Gasteiger partial charge in [0, 0.05) is 66.3 Å². The Morgan fingerprint density at radius 3 is 0.855 bits per heavy atom. The number of hydrogen-bond acceptors (Lipinski definition) is 4. The van der Waals surface area contributed by atoms with Gasteiger partial charge in [0.15, 0.2) is 11.6 Å². The van der Waals surface area contributed by atoms with Crippen molar-refractivity contribution < 1.29 is 0 Å². The number of aromatic nitrogens is 6. The van der Waals surface area contributed by atoms with E-state index in [0.717, 1.165) is 67.5 Å². The molecular weight excluding hydrogens is 1330 g/mol. The third kappa shape index (κ3) is 11.3. The van der Waals surface area contributed by atoms with Gasteiger partial charge in [-0.25, -0.2) is 19.9 Å². The fraction of sp³-hybridized carbons (Fsp3) is 0. The van der Waals surface area contributed by atoms with E-state index < -0.39 is 0 Å². The van der Waals surface area contributed by atoms with Crippen LogP contribution < -0.4 is 0 Å². The minimum atomic E-state index is 0.704. The van der Waals surface area contributed by atoms with Crippen LogP contribution in [0.15, 0.2) is 400 Å². The number of nitrogens with zero attached hydrogens (tertiary/aromatic N) is 6. The Bertz CT molecular complexity index is 7240. The lowest BCUT2D eigenvalue weighted by molar-refractivity contribution is 1.16. The van der Waals surface area contributed by atoms with Crippen LogP contribution in [0.1, 0.15) is 0 Å². The Morgan fingerprint density at radius 1 is 0.155 bits per heavy atom. The second-order valence-corrected chi connectivity index (χ2v) is 28.4. The number of rotatable bonds is 10. The number of benzene rings is 18. The SMILES string of the molecule is c1ccc(-c2cc(-c3ccccc3)nc(-c3ccc(-n4c5ccccc5c5c6ccc(-c7ccc8c(ccc9ccccc98)c7)cc6ccc54)cc3)n2)cc1.c1ccc(-c2cc(-c3ccccc3)nc(-c3ccc(-n4c5ccccc5c5c6ccc(-c7ccc8ccc9ccccc9c8c7)cc6ccc54)cc3)n2)cc1. The Morgan fingerprint density at radius 2 is 0.436 bits per heavy atom. The van der Waals surface area contributed by atoms with Crippen molar-refractivity contribution in [1.29, 1.82) is 0 Å². The second kappa shape index (κ2) is 26.7. The van der Waals surface area contributed by atoms with Crippen molar-refractivity contribution in [3.63, 3.8) is 0 Å². The number of fused-ring (bicyclic) bond motifs is 16. The van der Waals surface area contributed by atoms with E-state index in [1.807, 2.05) is 72.8 Å². The minimum Gasteiger partial charge on any atom is -0.309 e. The Balaban J connectivity index is 0.000000140. The smallest absolute Gasteiger partial charge is 0.160 e. The van der Waals surface area contributed by atoms with Crippen molar-refractivity contribution in [3.8, 4) is 101 Å². The molecule has 512 valence electrons. The van der Waals surface area contributed by atoms with Crippen molar-refractivity contribution in [2.45, 2.75) is 0 Å². The molecule has 22 aromatic rings. The Kier molecular flexibility index (Phi) is 15.5.